The van der Waals surface area contributed by atoms with Gasteiger partial charge in [-0.25, -0.2) is 0 Å². The molecule has 0 spiro atoms. The van der Waals surface area contributed by atoms with Crippen LogP contribution in [0.5, 0.6) is 5.75 Å². The molecule has 1 aromatic rings. The predicted octanol–water partition coefficient (Wildman–Crippen LogP) is 3.88. The number of amides is 2. The lowest BCUT2D eigenvalue weighted by Crippen LogP contribution is -2.58. The van der Waals surface area contributed by atoms with Crippen LogP contribution in [0.4, 0.5) is 0 Å². The quantitative estimate of drug-likeness (QED) is 0.705. The summed E-state index contributed by atoms with van der Waals surface area (Å²) in [6.45, 7) is 4.94. The molecule has 30 heavy (non-hydrogen) atoms. The molecule has 4 bridgehead atoms. The van der Waals surface area contributed by atoms with Crippen molar-refractivity contribution in [1.29, 1.82) is 0 Å². The molecule has 0 aliphatic heterocycles. The Bertz CT molecular complexity index is 726. The number of carbonyl (C=O) groups is 2. The summed E-state index contributed by atoms with van der Waals surface area (Å²) in [6.07, 6.45) is 6.98. The van der Waals surface area contributed by atoms with E-state index in [0.717, 1.165) is 25.0 Å². The lowest BCUT2D eigenvalue weighted by Gasteiger charge is -2.56. The van der Waals surface area contributed by atoms with Crippen molar-refractivity contribution < 1.29 is 14.3 Å². The number of nitrogens with zero attached hydrogens (tertiary/aromatic N) is 1. The van der Waals surface area contributed by atoms with Gasteiger partial charge in [0.2, 0.25) is 11.8 Å². The van der Waals surface area contributed by atoms with E-state index in [0.29, 0.717) is 30.9 Å². The van der Waals surface area contributed by atoms with Crippen molar-refractivity contribution in [3.05, 3.63) is 30.3 Å². The second-order valence-electron chi connectivity index (χ2n) is 10.3. The molecule has 4 aliphatic rings. The Hall–Kier alpha value is -2.04. The van der Waals surface area contributed by atoms with Crippen molar-refractivity contribution in [1.82, 2.24) is 10.2 Å². The monoisotopic (exact) mass is 412 g/mol. The van der Waals surface area contributed by atoms with Gasteiger partial charge in [-0.15, -0.1) is 0 Å². The van der Waals surface area contributed by atoms with Crippen LogP contribution in [0, 0.1) is 29.1 Å². The summed E-state index contributed by atoms with van der Waals surface area (Å²) in [5, 5.41) is 3.19. The van der Waals surface area contributed by atoms with Crippen molar-refractivity contribution in [2.24, 2.45) is 29.1 Å². The third kappa shape index (κ3) is 4.35. The molecule has 0 heterocycles. The number of carbonyl (C=O) groups excluding carboxylic acids is 2. The predicted molar refractivity (Wildman–Crippen MR) is 117 cm³/mol. The summed E-state index contributed by atoms with van der Waals surface area (Å²) in [6, 6.07) is 9.14. The van der Waals surface area contributed by atoms with Crippen molar-refractivity contribution in [2.75, 3.05) is 20.2 Å². The molecule has 5 rings (SSSR count). The minimum atomic E-state index is -0.479. The van der Waals surface area contributed by atoms with Gasteiger partial charge in [0.1, 0.15) is 18.4 Å². The van der Waals surface area contributed by atoms with Gasteiger partial charge in [-0.2, -0.15) is 0 Å². The molecule has 4 fully saturated rings. The molecule has 164 valence electrons. The van der Waals surface area contributed by atoms with Gasteiger partial charge in [0, 0.05) is 12.5 Å². The Labute approximate surface area is 180 Å². The highest BCUT2D eigenvalue weighted by Gasteiger charge is 2.55. The molecular weight excluding hydrogens is 376 g/mol. The Morgan fingerprint density at radius 2 is 1.63 bits per heavy atom. The Balaban J connectivity index is 1.35. The number of nitrogens with one attached hydrogen (secondary N) is 1. The number of hydrogen-bond acceptors (Lipinski definition) is 3. The molecular formula is C25H36N2O3. The van der Waals surface area contributed by atoms with Crippen LogP contribution < -0.4 is 10.1 Å². The molecule has 5 nitrogen and oxygen atoms in total. The molecule has 5 heteroatoms. The van der Waals surface area contributed by atoms with Crippen LogP contribution in [0.25, 0.3) is 0 Å². The highest BCUT2D eigenvalue weighted by molar-refractivity contribution is 5.90. The Morgan fingerprint density at radius 1 is 1.07 bits per heavy atom. The van der Waals surface area contributed by atoms with Gasteiger partial charge in [-0.05, 0) is 74.3 Å². The first-order valence-corrected chi connectivity index (χ1v) is 11.6. The largest absolute Gasteiger partial charge is 0.492 e. The van der Waals surface area contributed by atoms with Crippen molar-refractivity contribution in [2.45, 2.75) is 58.4 Å². The lowest BCUT2D eigenvalue weighted by molar-refractivity contribution is -0.150. The number of benzene rings is 1. The average Bonchev–Trinajstić information content (AvgIpc) is 2.70. The van der Waals surface area contributed by atoms with E-state index in [1.165, 1.54) is 19.3 Å². The number of rotatable bonds is 8. The number of ether oxygens (including phenoxy) is 1. The van der Waals surface area contributed by atoms with Gasteiger partial charge in [-0.1, -0.05) is 32.0 Å². The highest BCUT2D eigenvalue weighted by Crippen LogP contribution is 2.60. The summed E-state index contributed by atoms with van der Waals surface area (Å²) in [5.74, 6) is 3.10. The van der Waals surface area contributed by atoms with Crippen LogP contribution in [-0.4, -0.2) is 43.0 Å². The molecule has 1 N–H and O–H groups in total. The highest BCUT2D eigenvalue weighted by atomic mass is 16.5. The summed E-state index contributed by atoms with van der Waals surface area (Å²) < 4.78 is 5.73. The summed E-state index contributed by atoms with van der Waals surface area (Å²) >= 11 is 0. The van der Waals surface area contributed by atoms with E-state index >= 15 is 0 Å². The standard InChI is InChI=1S/C25H36N2O3/c1-17(2)22(23(28)27(3)9-10-30-21-7-5-4-6-8-21)26-24(29)25-14-18-11-19(15-25)13-20(12-18)16-25/h4-8,17-20,22H,9-16H2,1-3H3,(H,26,29). The smallest absolute Gasteiger partial charge is 0.245 e. The maximum Gasteiger partial charge on any atom is 0.245 e. The first-order chi connectivity index (χ1) is 14.4. The van der Waals surface area contributed by atoms with Crippen LogP contribution >= 0.6 is 0 Å². The Kier molecular flexibility index (Phi) is 6.08. The van der Waals surface area contributed by atoms with Gasteiger partial charge in [0.15, 0.2) is 0 Å². The van der Waals surface area contributed by atoms with E-state index in [2.05, 4.69) is 5.32 Å². The van der Waals surface area contributed by atoms with E-state index in [9.17, 15) is 9.59 Å². The van der Waals surface area contributed by atoms with Crippen LogP contribution in [0.15, 0.2) is 30.3 Å². The summed E-state index contributed by atoms with van der Waals surface area (Å²) in [5.41, 5.74) is -0.225. The normalized spacial score (nSPS) is 30.2. The number of para-hydroxylation sites is 1. The fraction of sp³-hybridized carbons (Fsp3) is 0.680. The van der Waals surface area contributed by atoms with Crippen molar-refractivity contribution in [3.63, 3.8) is 0 Å². The van der Waals surface area contributed by atoms with Crippen LogP contribution in [0.2, 0.25) is 0 Å². The van der Waals surface area contributed by atoms with E-state index in [1.807, 2.05) is 44.2 Å². The molecule has 1 aromatic carbocycles. The van der Waals surface area contributed by atoms with E-state index in [4.69, 9.17) is 4.74 Å². The SMILES string of the molecule is CC(C)C(NC(=O)C12CC3CC(CC(C3)C1)C2)C(=O)N(C)CCOc1ccccc1. The van der Waals surface area contributed by atoms with Crippen molar-refractivity contribution >= 4 is 11.8 Å². The fourth-order valence-corrected chi connectivity index (χ4v) is 6.36. The summed E-state index contributed by atoms with van der Waals surface area (Å²) in [4.78, 5) is 28.3. The minimum absolute atomic E-state index is 0.0280. The van der Waals surface area contributed by atoms with Gasteiger partial charge < -0.3 is 15.0 Å². The molecule has 4 aliphatic carbocycles. The van der Waals surface area contributed by atoms with E-state index in [1.54, 1.807) is 11.9 Å². The fourth-order valence-electron chi connectivity index (χ4n) is 6.36. The van der Waals surface area contributed by atoms with Gasteiger partial charge in [-0.3, -0.25) is 9.59 Å². The third-order valence-electron chi connectivity index (χ3n) is 7.55. The molecule has 0 saturated heterocycles. The number of likely N-dealkylation sites (N-methyl/N-ethyl adjacent to an activating group) is 1. The second-order valence-corrected chi connectivity index (χ2v) is 10.3. The summed E-state index contributed by atoms with van der Waals surface area (Å²) in [7, 11) is 1.79. The zero-order chi connectivity index (χ0) is 21.3. The van der Waals surface area contributed by atoms with Crippen LogP contribution in [0.1, 0.15) is 52.4 Å². The van der Waals surface area contributed by atoms with Crippen molar-refractivity contribution in [3.8, 4) is 5.75 Å². The first kappa shape index (κ1) is 21.2. The van der Waals surface area contributed by atoms with Crippen LogP contribution in [-0.2, 0) is 9.59 Å². The zero-order valence-corrected chi connectivity index (χ0v) is 18.6. The van der Waals surface area contributed by atoms with Gasteiger partial charge in [0.25, 0.3) is 0 Å². The molecule has 0 radical (unpaired) electrons. The van der Waals surface area contributed by atoms with E-state index < -0.39 is 6.04 Å². The Morgan fingerprint density at radius 3 is 2.17 bits per heavy atom. The lowest BCUT2D eigenvalue weighted by atomic mass is 9.49. The van der Waals surface area contributed by atoms with Gasteiger partial charge >= 0.3 is 0 Å². The van der Waals surface area contributed by atoms with E-state index in [-0.39, 0.29) is 23.1 Å². The maximum atomic E-state index is 13.4. The molecule has 2 amide bonds. The topological polar surface area (TPSA) is 58.6 Å². The molecule has 0 aromatic heterocycles. The maximum absolute atomic E-state index is 13.4. The molecule has 1 atom stereocenters. The third-order valence-corrected chi connectivity index (χ3v) is 7.55. The number of hydrogen-bond donors (Lipinski definition) is 1. The molecule has 4 saturated carbocycles. The second kappa shape index (κ2) is 8.60. The minimum Gasteiger partial charge on any atom is -0.492 e. The van der Waals surface area contributed by atoms with Gasteiger partial charge in [0.05, 0.1) is 6.54 Å². The first-order valence-electron chi connectivity index (χ1n) is 11.6. The van der Waals surface area contributed by atoms with Crippen LogP contribution in [0.3, 0.4) is 0 Å². The zero-order valence-electron chi connectivity index (χ0n) is 18.6. The average molecular weight is 413 g/mol. The molecule has 1 unspecified atom stereocenters.